The van der Waals surface area contributed by atoms with E-state index in [4.69, 9.17) is 9.72 Å². The Hall–Kier alpha value is -2.87. The number of ether oxygens (including phenoxy) is 1. The van der Waals surface area contributed by atoms with Crippen LogP contribution in [0.25, 0.3) is 0 Å². The Bertz CT molecular complexity index is 1120. The Morgan fingerprint density at radius 1 is 1.16 bits per heavy atom. The Morgan fingerprint density at radius 2 is 1.87 bits per heavy atom. The van der Waals surface area contributed by atoms with Gasteiger partial charge in [-0.25, -0.2) is 4.79 Å². The molecule has 0 radical (unpaired) electrons. The molecule has 1 N–H and O–H groups in total. The first-order valence-corrected chi connectivity index (χ1v) is 14.2. The molecule has 1 amide bonds. The number of carbonyl (C=O) groups excluding carboxylic acids is 2. The molecular formula is C30H43N5O3. The number of hydrogen-bond acceptors (Lipinski definition) is 7. The van der Waals surface area contributed by atoms with Crippen LogP contribution >= 0.6 is 0 Å². The predicted octanol–water partition coefficient (Wildman–Crippen LogP) is 5.46. The van der Waals surface area contributed by atoms with Crippen molar-refractivity contribution >= 4 is 23.3 Å². The molecule has 0 aromatic carbocycles. The van der Waals surface area contributed by atoms with Gasteiger partial charge in [-0.3, -0.25) is 9.78 Å². The Kier molecular flexibility index (Phi) is 8.81. The summed E-state index contributed by atoms with van der Waals surface area (Å²) in [5, 5.41) is 12.6. The van der Waals surface area contributed by atoms with Crippen LogP contribution < -0.4 is 5.32 Å². The van der Waals surface area contributed by atoms with Gasteiger partial charge in [0, 0.05) is 47.9 Å². The topological polar surface area (TPSA) is 96.3 Å². The van der Waals surface area contributed by atoms with Crippen LogP contribution in [0.3, 0.4) is 0 Å². The highest BCUT2D eigenvalue weighted by Crippen LogP contribution is 2.46. The number of amides is 1. The van der Waals surface area contributed by atoms with Crippen LogP contribution in [0.1, 0.15) is 110 Å². The third kappa shape index (κ3) is 5.75. The monoisotopic (exact) mass is 521 g/mol. The smallest absolute Gasteiger partial charge is 0.336 e. The van der Waals surface area contributed by atoms with Crippen LogP contribution in [0.4, 0.5) is 0 Å². The highest BCUT2D eigenvalue weighted by molar-refractivity contribution is 5.94. The molecule has 1 saturated heterocycles. The summed E-state index contributed by atoms with van der Waals surface area (Å²) >= 11 is 0. The van der Waals surface area contributed by atoms with Crippen molar-refractivity contribution in [3.05, 3.63) is 40.9 Å². The van der Waals surface area contributed by atoms with Crippen LogP contribution in [-0.4, -0.2) is 52.4 Å². The minimum Gasteiger partial charge on any atom is -0.456 e. The first kappa shape index (κ1) is 28.1. The molecule has 3 aliphatic rings. The average Bonchev–Trinajstić information content (AvgIpc) is 3.43. The lowest BCUT2D eigenvalue weighted by molar-refractivity contribution is -0.138. The first-order chi connectivity index (χ1) is 18.2. The first-order valence-electron chi connectivity index (χ1n) is 14.2. The van der Waals surface area contributed by atoms with Gasteiger partial charge in [0.15, 0.2) is 0 Å². The number of nitrogens with zero attached hydrogens (tertiary/aromatic N) is 4. The number of likely N-dealkylation sites (tertiary alicyclic amines) is 1. The quantitative estimate of drug-likeness (QED) is 0.264. The molecule has 8 heteroatoms. The van der Waals surface area contributed by atoms with Gasteiger partial charge in [-0.1, -0.05) is 26.8 Å². The number of pyridine rings is 1. The lowest BCUT2D eigenvalue weighted by Crippen LogP contribution is -2.42. The number of rotatable bonds is 9. The Labute approximate surface area is 227 Å². The maximum atomic E-state index is 13.4. The number of aromatic nitrogens is 1. The third-order valence-electron chi connectivity index (χ3n) is 8.89. The number of hydrogen-bond donors (Lipinski definition) is 1. The predicted molar refractivity (Wildman–Crippen MR) is 150 cm³/mol. The second-order valence-corrected chi connectivity index (χ2v) is 11.2. The molecule has 2 aliphatic heterocycles. The van der Waals surface area contributed by atoms with Gasteiger partial charge in [-0.05, 0) is 77.3 Å². The summed E-state index contributed by atoms with van der Waals surface area (Å²) in [4.78, 5) is 31.7. The van der Waals surface area contributed by atoms with Crippen LogP contribution in [-0.2, 0) is 14.3 Å². The summed E-state index contributed by atoms with van der Waals surface area (Å²) in [6, 6.07) is 4.79. The van der Waals surface area contributed by atoms with E-state index in [0.717, 1.165) is 73.3 Å². The molecule has 2 fully saturated rings. The summed E-state index contributed by atoms with van der Waals surface area (Å²) in [7, 11) is 0. The number of esters is 1. The number of carbonyl (C=O) groups is 2. The van der Waals surface area contributed by atoms with Gasteiger partial charge in [0.2, 0.25) is 5.91 Å². The van der Waals surface area contributed by atoms with E-state index in [1.807, 2.05) is 18.0 Å². The summed E-state index contributed by atoms with van der Waals surface area (Å²) in [6.07, 6.45) is 8.35. The summed E-state index contributed by atoms with van der Waals surface area (Å²) in [5.41, 5.74) is 5.27. The fourth-order valence-electron chi connectivity index (χ4n) is 5.85. The van der Waals surface area contributed by atoms with Crippen molar-refractivity contribution in [1.82, 2.24) is 15.2 Å². The minimum atomic E-state index is -0.303. The van der Waals surface area contributed by atoms with Crippen LogP contribution in [0.2, 0.25) is 0 Å². The zero-order valence-electron chi connectivity index (χ0n) is 23.8. The maximum Gasteiger partial charge on any atom is 0.336 e. The molecule has 8 nitrogen and oxygen atoms in total. The normalized spacial score (nSPS) is 25.7. The van der Waals surface area contributed by atoms with Crippen LogP contribution in [0.5, 0.6) is 0 Å². The van der Waals surface area contributed by atoms with Gasteiger partial charge in [-0.15, -0.1) is 0 Å². The lowest BCUT2D eigenvalue weighted by atomic mass is 9.71. The molecule has 0 bridgehead atoms. The van der Waals surface area contributed by atoms with Crippen molar-refractivity contribution in [1.29, 1.82) is 0 Å². The molecule has 2 unspecified atom stereocenters. The molecule has 206 valence electrons. The molecule has 1 spiro atoms. The highest BCUT2D eigenvalue weighted by Gasteiger charge is 2.50. The van der Waals surface area contributed by atoms with Crippen molar-refractivity contribution in [2.75, 3.05) is 13.2 Å². The standard InChI is InChI=1S/C30H43N5O3/c1-7-24(8-2)34-33-21(5)19(3)26-10-9-23(17-31-26)22(6)32-25-11-13-30(14-12-25)15-16-35(29(30)37)27-18-38-28(36)20(27)4/h9-10,17,19,22,25,32H,7-8,11-16,18H2,1-6H3. The largest absolute Gasteiger partial charge is 0.456 e. The Balaban J connectivity index is 1.31. The van der Waals surface area contributed by atoms with E-state index in [2.05, 4.69) is 55.3 Å². The van der Waals surface area contributed by atoms with Crippen molar-refractivity contribution in [3.63, 3.8) is 0 Å². The van der Waals surface area contributed by atoms with Crippen molar-refractivity contribution in [2.45, 2.75) is 104 Å². The Morgan fingerprint density at radius 3 is 2.45 bits per heavy atom. The zero-order valence-corrected chi connectivity index (χ0v) is 23.8. The fraction of sp³-hybridized carbons (Fsp3) is 0.633. The zero-order chi connectivity index (χ0) is 27.4. The molecule has 3 heterocycles. The summed E-state index contributed by atoms with van der Waals surface area (Å²) in [5.74, 6) is -0.0178. The fourth-order valence-corrected chi connectivity index (χ4v) is 5.85. The second-order valence-electron chi connectivity index (χ2n) is 11.2. The highest BCUT2D eigenvalue weighted by atomic mass is 16.5. The molecule has 1 aliphatic carbocycles. The van der Waals surface area contributed by atoms with E-state index >= 15 is 0 Å². The lowest BCUT2D eigenvalue weighted by Gasteiger charge is -2.37. The van der Waals surface area contributed by atoms with Crippen molar-refractivity contribution in [2.24, 2.45) is 15.6 Å². The van der Waals surface area contributed by atoms with Gasteiger partial charge in [-0.2, -0.15) is 10.2 Å². The molecule has 38 heavy (non-hydrogen) atoms. The second kappa shape index (κ2) is 11.9. The SMILES string of the molecule is CCC(CC)=NN=C(C)C(C)c1ccc(C(C)NC2CCC3(CC2)CCN(C2=C(C)C(=O)OC2)C3=O)cn1. The molecule has 4 rings (SSSR count). The van der Waals surface area contributed by atoms with Gasteiger partial charge >= 0.3 is 5.97 Å². The third-order valence-corrected chi connectivity index (χ3v) is 8.89. The van der Waals surface area contributed by atoms with E-state index in [9.17, 15) is 9.59 Å². The van der Waals surface area contributed by atoms with Crippen molar-refractivity contribution < 1.29 is 14.3 Å². The molecular weight excluding hydrogens is 478 g/mol. The van der Waals surface area contributed by atoms with Crippen molar-refractivity contribution in [3.8, 4) is 0 Å². The van der Waals surface area contributed by atoms with Gasteiger partial charge < -0.3 is 15.0 Å². The molecule has 1 aromatic rings. The van der Waals surface area contributed by atoms with Gasteiger partial charge in [0.05, 0.1) is 16.7 Å². The number of cyclic esters (lactones) is 1. The number of nitrogens with one attached hydrogen (secondary N) is 1. The maximum absolute atomic E-state index is 13.4. The molecule has 1 saturated carbocycles. The van der Waals surface area contributed by atoms with E-state index in [1.54, 1.807) is 6.92 Å². The average molecular weight is 522 g/mol. The van der Waals surface area contributed by atoms with E-state index in [-0.39, 0.29) is 35.9 Å². The minimum absolute atomic E-state index is 0.109. The van der Waals surface area contributed by atoms with Crippen LogP contribution in [0.15, 0.2) is 39.8 Å². The van der Waals surface area contributed by atoms with E-state index in [1.165, 1.54) is 0 Å². The van der Waals surface area contributed by atoms with E-state index < -0.39 is 0 Å². The van der Waals surface area contributed by atoms with Gasteiger partial charge in [0.25, 0.3) is 0 Å². The summed E-state index contributed by atoms with van der Waals surface area (Å²) < 4.78 is 5.14. The van der Waals surface area contributed by atoms with Crippen LogP contribution in [0, 0.1) is 5.41 Å². The summed E-state index contributed by atoms with van der Waals surface area (Å²) in [6.45, 7) is 13.2. The molecule has 2 atom stereocenters. The van der Waals surface area contributed by atoms with Gasteiger partial charge in [0.1, 0.15) is 6.61 Å². The molecule has 1 aromatic heterocycles. The van der Waals surface area contributed by atoms with E-state index in [0.29, 0.717) is 18.2 Å².